The van der Waals surface area contributed by atoms with Gasteiger partial charge in [-0.1, -0.05) is 23.7 Å². The fraction of sp³-hybridized carbons (Fsp3) is 0.333. The summed E-state index contributed by atoms with van der Waals surface area (Å²) in [6.07, 6.45) is 1.17. The number of rotatable bonds is 5. The van der Waals surface area contributed by atoms with Gasteiger partial charge >= 0.3 is 0 Å². The highest BCUT2D eigenvalue weighted by Gasteiger charge is 2.41. The Morgan fingerprint density at radius 2 is 1.96 bits per heavy atom. The van der Waals surface area contributed by atoms with Crippen molar-refractivity contribution in [2.45, 2.75) is 25.2 Å². The standard InChI is InChI=1S/C21H21ClN2O3/c1-2-27-19-8-7-18(13-15(19)14-23)24-20(25)21(9-11-26-12-10-21)16-3-5-17(22)6-4-16/h3-8,13H,2,9-12H2,1H3,(H,24,25). The maximum Gasteiger partial charge on any atom is 0.235 e. The monoisotopic (exact) mass is 384 g/mol. The number of carbonyl (C=O) groups excluding carboxylic acids is 1. The zero-order chi connectivity index (χ0) is 19.3. The maximum atomic E-state index is 13.3. The van der Waals surface area contributed by atoms with Crippen molar-refractivity contribution in [3.8, 4) is 11.8 Å². The molecule has 2 aromatic carbocycles. The smallest absolute Gasteiger partial charge is 0.235 e. The number of carbonyl (C=O) groups is 1. The van der Waals surface area contributed by atoms with Crippen LogP contribution in [0, 0.1) is 11.3 Å². The van der Waals surface area contributed by atoms with Crippen LogP contribution in [0.5, 0.6) is 5.75 Å². The van der Waals surface area contributed by atoms with E-state index < -0.39 is 5.41 Å². The number of hydrogen-bond donors (Lipinski definition) is 1. The number of hydrogen-bond acceptors (Lipinski definition) is 4. The van der Waals surface area contributed by atoms with E-state index in [0.29, 0.717) is 54.7 Å². The molecule has 0 radical (unpaired) electrons. The maximum absolute atomic E-state index is 13.3. The molecule has 1 amide bonds. The third kappa shape index (κ3) is 4.08. The van der Waals surface area contributed by atoms with E-state index in [4.69, 9.17) is 21.1 Å². The lowest BCUT2D eigenvalue weighted by Crippen LogP contribution is -2.44. The van der Waals surface area contributed by atoms with Crippen LogP contribution < -0.4 is 10.1 Å². The second-order valence-corrected chi connectivity index (χ2v) is 6.85. The normalized spacial score (nSPS) is 15.6. The number of amides is 1. The Morgan fingerprint density at radius 1 is 1.26 bits per heavy atom. The van der Waals surface area contributed by atoms with E-state index in [-0.39, 0.29) is 5.91 Å². The SMILES string of the molecule is CCOc1ccc(NC(=O)C2(c3ccc(Cl)cc3)CCOCC2)cc1C#N. The molecule has 0 saturated carbocycles. The van der Waals surface area contributed by atoms with Gasteiger partial charge in [-0.25, -0.2) is 0 Å². The molecular weight excluding hydrogens is 364 g/mol. The van der Waals surface area contributed by atoms with Crippen molar-refractivity contribution in [2.75, 3.05) is 25.1 Å². The number of nitrogens with one attached hydrogen (secondary N) is 1. The van der Waals surface area contributed by atoms with Crippen LogP contribution in [-0.4, -0.2) is 25.7 Å². The molecule has 0 unspecified atom stereocenters. The third-order valence-corrected chi connectivity index (χ3v) is 5.09. The van der Waals surface area contributed by atoms with Gasteiger partial charge in [0, 0.05) is 23.9 Å². The lowest BCUT2D eigenvalue weighted by molar-refractivity contribution is -0.125. The lowest BCUT2D eigenvalue weighted by Gasteiger charge is -2.36. The second kappa shape index (κ2) is 8.43. The average molecular weight is 385 g/mol. The highest BCUT2D eigenvalue weighted by Crippen LogP contribution is 2.37. The molecule has 1 aliphatic rings. The van der Waals surface area contributed by atoms with Gasteiger partial charge in [0.25, 0.3) is 0 Å². The number of halogens is 1. The number of benzene rings is 2. The van der Waals surface area contributed by atoms with Gasteiger partial charge < -0.3 is 14.8 Å². The Bertz CT molecular complexity index is 853. The van der Waals surface area contributed by atoms with Crippen LogP contribution in [0.1, 0.15) is 30.9 Å². The molecule has 2 aromatic rings. The molecule has 1 heterocycles. The summed E-state index contributed by atoms with van der Waals surface area (Å²) >= 11 is 6.01. The van der Waals surface area contributed by atoms with E-state index in [2.05, 4.69) is 11.4 Å². The molecule has 1 N–H and O–H groups in total. The fourth-order valence-electron chi connectivity index (χ4n) is 3.36. The molecule has 0 aromatic heterocycles. The van der Waals surface area contributed by atoms with E-state index in [1.165, 1.54) is 0 Å². The van der Waals surface area contributed by atoms with E-state index in [1.807, 2.05) is 19.1 Å². The summed E-state index contributed by atoms with van der Waals surface area (Å²) in [5.74, 6) is 0.401. The minimum atomic E-state index is -0.686. The van der Waals surface area contributed by atoms with Crippen molar-refractivity contribution in [3.05, 3.63) is 58.6 Å². The van der Waals surface area contributed by atoms with Crippen molar-refractivity contribution >= 4 is 23.2 Å². The van der Waals surface area contributed by atoms with Crippen LogP contribution in [0.25, 0.3) is 0 Å². The van der Waals surface area contributed by atoms with Crippen molar-refractivity contribution in [1.29, 1.82) is 5.26 Å². The first-order valence-electron chi connectivity index (χ1n) is 8.91. The van der Waals surface area contributed by atoms with Gasteiger partial charge in [0.05, 0.1) is 17.6 Å². The number of nitrogens with zero attached hydrogens (tertiary/aromatic N) is 1. The Balaban J connectivity index is 1.89. The molecule has 1 aliphatic heterocycles. The zero-order valence-electron chi connectivity index (χ0n) is 15.1. The summed E-state index contributed by atoms with van der Waals surface area (Å²) in [7, 11) is 0. The summed E-state index contributed by atoms with van der Waals surface area (Å²) in [6, 6.07) is 14.6. The largest absolute Gasteiger partial charge is 0.492 e. The summed E-state index contributed by atoms with van der Waals surface area (Å²) in [5.41, 5.74) is 1.19. The Hall–Kier alpha value is -2.55. The number of anilines is 1. The van der Waals surface area contributed by atoms with Gasteiger partial charge in [0.15, 0.2) is 0 Å². The summed E-state index contributed by atoms with van der Waals surface area (Å²) in [5, 5.41) is 12.9. The molecule has 1 saturated heterocycles. The summed E-state index contributed by atoms with van der Waals surface area (Å²) in [4.78, 5) is 13.3. The van der Waals surface area contributed by atoms with Crippen LogP contribution in [-0.2, 0) is 14.9 Å². The van der Waals surface area contributed by atoms with E-state index in [1.54, 1.807) is 30.3 Å². The average Bonchev–Trinajstić information content (AvgIpc) is 2.70. The molecule has 0 aliphatic carbocycles. The van der Waals surface area contributed by atoms with Gasteiger partial charge in [-0.15, -0.1) is 0 Å². The van der Waals surface area contributed by atoms with Crippen LogP contribution in [0.15, 0.2) is 42.5 Å². The molecular formula is C21H21ClN2O3. The predicted octanol–water partition coefficient (Wildman–Crippen LogP) is 4.30. The Kier molecular flexibility index (Phi) is 6.00. The van der Waals surface area contributed by atoms with Gasteiger partial charge in [-0.3, -0.25) is 4.79 Å². The van der Waals surface area contributed by atoms with E-state index >= 15 is 0 Å². The lowest BCUT2D eigenvalue weighted by atomic mass is 9.73. The third-order valence-electron chi connectivity index (χ3n) is 4.84. The van der Waals surface area contributed by atoms with Crippen molar-refractivity contribution in [3.63, 3.8) is 0 Å². The molecule has 3 rings (SSSR count). The molecule has 0 bridgehead atoms. The molecule has 27 heavy (non-hydrogen) atoms. The van der Waals surface area contributed by atoms with Gasteiger partial charge in [0.2, 0.25) is 5.91 Å². The highest BCUT2D eigenvalue weighted by atomic mass is 35.5. The van der Waals surface area contributed by atoms with Gasteiger partial charge in [-0.2, -0.15) is 5.26 Å². The fourth-order valence-corrected chi connectivity index (χ4v) is 3.49. The van der Waals surface area contributed by atoms with Crippen LogP contribution >= 0.6 is 11.6 Å². The molecule has 1 fully saturated rings. The molecule has 5 nitrogen and oxygen atoms in total. The first-order valence-corrected chi connectivity index (χ1v) is 9.29. The van der Waals surface area contributed by atoms with Crippen molar-refractivity contribution in [1.82, 2.24) is 0 Å². The summed E-state index contributed by atoms with van der Waals surface area (Å²) in [6.45, 7) is 3.36. The van der Waals surface area contributed by atoms with Crippen molar-refractivity contribution in [2.24, 2.45) is 0 Å². The quantitative estimate of drug-likeness (QED) is 0.834. The minimum Gasteiger partial charge on any atom is -0.492 e. The second-order valence-electron chi connectivity index (χ2n) is 6.41. The number of nitriles is 1. The Labute approximate surface area is 163 Å². The van der Waals surface area contributed by atoms with Crippen molar-refractivity contribution < 1.29 is 14.3 Å². The highest BCUT2D eigenvalue weighted by molar-refractivity contribution is 6.30. The minimum absolute atomic E-state index is 0.110. The Morgan fingerprint density at radius 3 is 2.59 bits per heavy atom. The van der Waals surface area contributed by atoms with Crippen LogP contribution in [0.3, 0.4) is 0 Å². The van der Waals surface area contributed by atoms with Gasteiger partial charge in [0.1, 0.15) is 11.8 Å². The molecule has 6 heteroatoms. The van der Waals surface area contributed by atoms with E-state index in [0.717, 1.165) is 5.56 Å². The molecule has 0 atom stereocenters. The van der Waals surface area contributed by atoms with Gasteiger partial charge in [-0.05, 0) is 55.7 Å². The first-order chi connectivity index (χ1) is 13.1. The number of ether oxygens (including phenoxy) is 2. The zero-order valence-corrected chi connectivity index (χ0v) is 15.9. The van der Waals surface area contributed by atoms with Crippen LogP contribution in [0.4, 0.5) is 5.69 Å². The summed E-state index contributed by atoms with van der Waals surface area (Å²) < 4.78 is 10.9. The first kappa shape index (κ1) is 19.2. The predicted molar refractivity (Wildman–Crippen MR) is 104 cm³/mol. The van der Waals surface area contributed by atoms with E-state index in [9.17, 15) is 10.1 Å². The topological polar surface area (TPSA) is 71.3 Å². The molecule has 0 spiro atoms. The van der Waals surface area contributed by atoms with Crippen LogP contribution in [0.2, 0.25) is 5.02 Å². The molecule has 140 valence electrons.